The Balaban J connectivity index is 3.63. The number of amides is 1. The first-order valence-electron chi connectivity index (χ1n) is 6.74. The molecule has 17 heavy (non-hydrogen) atoms. The van der Waals surface area contributed by atoms with Gasteiger partial charge in [0.1, 0.15) is 0 Å². The van der Waals surface area contributed by atoms with E-state index < -0.39 is 0 Å². The van der Waals surface area contributed by atoms with E-state index in [1.165, 1.54) is 0 Å². The average Bonchev–Trinajstić information content (AvgIpc) is 2.24. The number of hydrogen-bond acceptors (Lipinski definition) is 3. The van der Waals surface area contributed by atoms with Gasteiger partial charge < -0.3 is 15.5 Å². The van der Waals surface area contributed by atoms with Crippen molar-refractivity contribution in [2.24, 2.45) is 0 Å². The van der Waals surface area contributed by atoms with Gasteiger partial charge in [0.25, 0.3) is 0 Å². The average molecular weight is 243 g/mol. The van der Waals surface area contributed by atoms with E-state index in [1.807, 2.05) is 13.8 Å². The van der Waals surface area contributed by atoms with Crippen LogP contribution >= 0.6 is 0 Å². The third kappa shape index (κ3) is 9.12. The van der Waals surface area contributed by atoms with Crippen molar-refractivity contribution in [1.82, 2.24) is 15.5 Å². The molecule has 0 aromatic heterocycles. The normalized spacial score (nSPS) is 13.1. The third-order valence-corrected chi connectivity index (χ3v) is 2.72. The summed E-state index contributed by atoms with van der Waals surface area (Å²) in [7, 11) is 0. The van der Waals surface area contributed by atoms with Gasteiger partial charge in [-0.15, -0.1) is 0 Å². The van der Waals surface area contributed by atoms with Crippen LogP contribution in [0.5, 0.6) is 0 Å². The maximum atomic E-state index is 11.4. The molecule has 4 heteroatoms. The highest BCUT2D eigenvalue weighted by Gasteiger charge is 2.07. The summed E-state index contributed by atoms with van der Waals surface area (Å²) in [5.74, 6) is 0.127. The van der Waals surface area contributed by atoms with Gasteiger partial charge in [-0.2, -0.15) is 0 Å². The second-order valence-electron chi connectivity index (χ2n) is 4.81. The second kappa shape index (κ2) is 9.42. The van der Waals surface area contributed by atoms with E-state index in [-0.39, 0.29) is 11.9 Å². The molecule has 0 aliphatic rings. The summed E-state index contributed by atoms with van der Waals surface area (Å²) in [6, 6.07) is 0.664. The highest BCUT2D eigenvalue weighted by atomic mass is 16.1. The van der Waals surface area contributed by atoms with E-state index in [0.29, 0.717) is 12.5 Å². The first-order chi connectivity index (χ1) is 7.99. The Morgan fingerprint density at radius 1 is 1.18 bits per heavy atom. The van der Waals surface area contributed by atoms with Crippen LogP contribution in [0.1, 0.15) is 41.0 Å². The van der Waals surface area contributed by atoms with Gasteiger partial charge in [0.2, 0.25) is 5.91 Å². The zero-order valence-corrected chi connectivity index (χ0v) is 12.0. The Bertz CT molecular complexity index is 203. The summed E-state index contributed by atoms with van der Waals surface area (Å²) in [6.45, 7) is 14.4. The van der Waals surface area contributed by atoms with Crippen molar-refractivity contribution in [3.05, 3.63) is 0 Å². The van der Waals surface area contributed by atoms with Crippen LogP contribution in [0.4, 0.5) is 0 Å². The Labute approximate surface area is 106 Å². The van der Waals surface area contributed by atoms with Crippen LogP contribution < -0.4 is 10.6 Å². The van der Waals surface area contributed by atoms with Crippen LogP contribution in [0.2, 0.25) is 0 Å². The molecular weight excluding hydrogens is 214 g/mol. The molecule has 0 aliphatic carbocycles. The summed E-state index contributed by atoms with van der Waals surface area (Å²) in [5.41, 5.74) is 0. The number of carbonyl (C=O) groups excluding carboxylic acids is 1. The molecule has 0 fully saturated rings. The van der Waals surface area contributed by atoms with Crippen molar-refractivity contribution in [2.45, 2.75) is 53.1 Å². The molecule has 0 bridgehead atoms. The Morgan fingerprint density at radius 3 is 2.24 bits per heavy atom. The molecule has 102 valence electrons. The highest BCUT2D eigenvalue weighted by molar-refractivity contribution is 5.76. The number of carbonyl (C=O) groups is 1. The molecule has 0 saturated heterocycles. The van der Waals surface area contributed by atoms with Gasteiger partial charge in [-0.05, 0) is 33.9 Å². The fourth-order valence-corrected chi connectivity index (χ4v) is 1.76. The summed E-state index contributed by atoms with van der Waals surface area (Å²) in [4.78, 5) is 13.8. The SMILES string of the molecule is CCN(CC)CC(C)NCCC(=O)NC(C)C. The van der Waals surface area contributed by atoms with Crippen molar-refractivity contribution in [3.63, 3.8) is 0 Å². The molecule has 0 aromatic carbocycles. The van der Waals surface area contributed by atoms with E-state index in [9.17, 15) is 4.79 Å². The zero-order chi connectivity index (χ0) is 13.3. The minimum atomic E-state index is 0.127. The van der Waals surface area contributed by atoms with Gasteiger partial charge in [-0.25, -0.2) is 0 Å². The number of rotatable bonds is 9. The quantitative estimate of drug-likeness (QED) is 0.640. The number of likely N-dealkylation sites (N-methyl/N-ethyl adjacent to an activating group) is 1. The molecule has 0 heterocycles. The van der Waals surface area contributed by atoms with Gasteiger partial charge in [-0.3, -0.25) is 4.79 Å². The van der Waals surface area contributed by atoms with Crippen molar-refractivity contribution < 1.29 is 4.79 Å². The van der Waals surface area contributed by atoms with E-state index in [4.69, 9.17) is 0 Å². The molecule has 1 amide bonds. The van der Waals surface area contributed by atoms with Crippen LogP contribution in [0.3, 0.4) is 0 Å². The maximum Gasteiger partial charge on any atom is 0.221 e. The Kier molecular flexibility index (Phi) is 9.09. The maximum absolute atomic E-state index is 11.4. The van der Waals surface area contributed by atoms with Crippen molar-refractivity contribution in [3.8, 4) is 0 Å². The largest absolute Gasteiger partial charge is 0.354 e. The van der Waals surface area contributed by atoms with Crippen LogP contribution in [0, 0.1) is 0 Å². The van der Waals surface area contributed by atoms with E-state index in [0.717, 1.165) is 26.2 Å². The third-order valence-electron chi connectivity index (χ3n) is 2.72. The first-order valence-corrected chi connectivity index (χ1v) is 6.74. The van der Waals surface area contributed by atoms with Crippen LogP contribution in [-0.4, -0.2) is 49.1 Å². The van der Waals surface area contributed by atoms with E-state index in [2.05, 4.69) is 36.3 Å². The van der Waals surface area contributed by atoms with E-state index in [1.54, 1.807) is 0 Å². The predicted octanol–water partition coefficient (Wildman–Crippen LogP) is 1.22. The smallest absolute Gasteiger partial charge is 0.221 e. The molecule has 0 aromatic rings. The van der Waals surface area contributed by atoms with Crippen LogP contribution in [0.15, 0.2) is 0 Å². The van der Waals surface area contributed by atoms with Crippen LogP contribution in [0.25, 0.3) is 0 Å². The molecule has 0 aliphatic heterocycles. The molecule has 1 unspecified atom stereocenters. The predicted molar refractivity (Wildman–Crippen MR) is 73.1 cm³/mol. The highest BCUT2D eigenvalue weighted by Crippen LogP contribution is 1.92. The Morgan fingerprint density at radius 2 is 1.76 bits per heavy atom. The summed E-state index contributed by atoms with van der Waals surface area (Å²) >= 11 is 0. The standard InChI is InChI=1S/C13H29N3O/c1-6-16(7-2)10-12(5)14-9-8-13(17)15-11(3)4/h11-12,14H,6-10H2,1-5H3,(H,15,17). The molecule has 0 radical (unpaired) electrons. The molecule has 0 rings (SSSR count). The van der Waals surface area contributed by atoms with Crippen molar-refractivity contribution in [1.29, 1.82) is 0 Å². The van der Waals surface area contributed by atoms with Gasteiger partial charge in [-0.1, -0.05) is 13.8 Å². The lowest BCUT2D eigenvalue weighted by molar-refractivity contribution is -0.121. The molecular formula is C13H29N3O. The van der Waals surface area contributed by atoms with Crippen LogP contribution in [-0.2, 0) is 4.79 Å². The number of nitrogens with zero attached hydrogens (tertiary/aromatic N) is 1. The minimum Gasteiger partial charge on any atom is -0.354 e. The summed E-state index contributed by atoms with van der Waals surface area (Å²) in [5, 5.41) is 6.27. The van der Waals surface area contributed by atoms with Crippen molar-refractivity contribution >= 4 is 5.91 Å². The molecule has 2 N–H and O–H groups in total. The lowest BCUT2D eigenvalue weighted by atomic mass is 10.2. The number of hydrogen-bond donors (Lipinski definition) is 2. The number of nitrogens with one attached hydrogen (secondary N) is 2. The fraction of sp³-hybridized carbons (Fsp3) is 0.923. The van der Waals surface area contributed by atoms with E-state index >= 15 is 0 Å². The fourth-order valence-electron chi connectivity index (χ4n) is 1.76. The first kappa shape index (κ1) is 16.4. The zero-order valence-electron chi connectivity index (χ0n) is 12.0. The second-order valence-corrected chi connectivity index (χ2v) is 4.81. The lowest BCUT2D eigenvalue weighted by Gasteiger charge is -2.23. The van der Waals surface area contributed by atoms with Gasteiger partial charge in [0.15, 0.2) is 0 Å². The summed E-state index contributed by atoms with van der Waals surface area (Å²) in [6.07, 6.45) is 0.556. The monoisotopic (exact) mass is 243 g/mol. The lowest BCUT2D eigenvalue weighted by Crippen LogP contribution is -2.41. The molecule has 0 spiro atoms. The molecule has 4 nitrogen and oxygen atoms in total. The van der Waals surface area contributed by atoms with Crippen molar-refractivity contribution in [2.75, 3.05) is 26.2 Å². The topological polar surface area (TPSA) is 44.4 Å². The Hall–Kier alpha value is -0.610. The van der Waals surface area contributed by atoms with Gasteiger partial charge in [0.05, 0.1) is 0 Å². The molecule has 1 atom stereocenters. The molecule has 0 saturated carbocycles. The minimum absolute atomic E-state index is 0.127. The van der Waals surface area contributed by atoms with Gasteiger partial charge in [0, 0.05) is 31.6 Å². The van der Waals surface area contributed by atoms with Gasteiger partial charge >= 0.3 is 0 Å². The summed E-state index contributed by atoms with van der Waals surface area (Å²) < 4.78 is 0.